The molecule has 1 aromatic rings. The molecule has 0 radical (unpaired) electrons. The fourth-order valence-corrected chi connectivity index (χ4v) is 2.52. The normalized spacial score (nSPS) is 20.3. The zero-order valence-corrected chi connectivity index (χ0v) is 10.9. The molecule has 1 unspecified atom stereocenters. The Kier molecular flexibility index (Phi) is 4.47. The van der Waals surface area contributed by atoms with Gasteiger partial charge >= 0.3 is 5.97 Å². The molecule has 5 heteroatoms. The molecule has 2 rings (SSSR count). The van der Waals surface area contributed by atoms with Crippen LogP contribution in [0.15, 0.2) is 18.2 Å². The highest BCUT2D eigenvalue weighted by Crippen LogP contribution is 2.21. The van der Waals surface area contributed by atoms with Gasteiger partial charge in [-0.15, -0.1) is 0 Å². The van der Waals surface area contributed by atoms with Crippen molar-refractivity contribution in [3.63, 3.8) is 0 Å². The molecule has 104 valence electrons. The number of benzene rings is 1. The summed E-state index contributed by atoms with van der Waals surface area (Å²) >= 11 is 0. The molecule has 1 aromatic carbocycles. The van der Waals surface area contributed by atoms with Crippen molar-refractivity contribution in [2.75, 3.05) is 13.7 Å². The number of esters is 1. The predicted octanol–water partition coefficient (Wildman–Crippen LogP) is 2.49. The van der Waals surface area contributed by atoms with Gasteiger partial charge in [-0.1, -0.05) is 6.42 Å². The number of carbonyl (C=O) groups is 1. The SMILES string of the molecule is COC(=O)C1CCCCN1Cc1cc(F)cc(F)c1. The maximum Gasteiger partial charge on any atom is 0.323 e. The van der Waals surface area contributed by atoms with Crippen molar-refractivity contribution in [3.8, 4) is 0 Å². The van der Waals surface area contributed by atoms with E-state index in [-0.39, 0.29) is 12.0 Å². The van der Waals surface area contributed by atoms with E-state index in [2.05, 4.69) is 0 Å². The third-order valence-corrected chi connectivity index (χ3v) is 3.39. The largest absolute Gasteiger partial charge is 0.468 e. The van der Waals surface area contributed by atoms with Crippen LogP contribution < -0.4 is 0 Å². The van der Waals surface area contributed by atoms with Crippen LogP contribution in [0.4, 0.5) is 8.78 Å². The summed E-state index contributed by atoms with van der Waals surface area (Å²) in [5, 5.41) is 0. The van der Waals surface area contributed by atoms with Crippen molar-refractivity contribution in [3.05, 3.63) is 35.4 Å². The average molecular weight is 269 g/mol. The molecule has 1 fully saturated rings. The Labute approximate surface area is 111 Å². The molecule has 0 bridgehead atoms. The van der Waals surface area contributed by atoms with Gasteiger partial charge in [0.25, 0.3) is 0 Å². The molecule has 19 heavy (non-hydrogen) atoms. The van der Waals surface area contributed by atoms with Crippen LogP contribution in [0.1, 0.15) is 24.8 Å². The van der Waals surface area contributed by atoms with E-state index in [0.717, 1.165) is 31.9 Å². The van der Waals surface area contributed by atoms with Crippen LogP contribution in [0.25, 0.3) is 0 Å². The number of halogens is 2. The van der Waals surface area contributed by atoms with Crippen molar-refractivity contribution in [1.29, 1.82) is 0 Å². The van der Waals surface area contributed by atoms with Gasteiger partial charge in [0.1, 0.15) is 17.7 Å². The van der Waals surface area contributed by atoms with Gasteiger partial charge in [0.15, 0.2) is 0 Å². The molecule has 0 aromatic heterocycles. The van der Waals surface area contributed by atoms with Gasteiger partial charge in [-0.2, -0.15) is 0 Å². The standard InChI is InChI=1S/C14H17F2NO2/c1-19-14(18)13-4-2-3-5-17(13)9-10-6-11(15)8-12(16)7-10/h6-8,13H,2-5,9H2,1H3. The maximum atomic E-state index is 13.2. The van der Waals surface area contributed by atoms with Crippen LogP contribution >= 0.6 is 0 Å². The molecular weight excluding hydrogens is 252 g/mol. The number of piperidine rings is 1. The van der Waals surface area contributed by atoms with E-state index in [1.54, 1.807) is 0 Å². The molecule has 0 amide bonds. The van der Waals surface area contributed by atoms with Crippen LogP contribution in [0.5, 0.6) is 0 Å². The monoisotopic (exact) mass is 269 g/mol. The number of nitrogens with zero attached hydrogens (tertiary/aromatic N) is 1. The summed E-state index contributed by atoms with van der Waals surface area (Å²) in [6.45, 7) is 1.09. The molecule has 1 aliphatic rings. The molecule has 0 N–H and O–H groups in total. The zero-order chi connectivity index (χ0) is 13.8. The Morgan fingerprint density at radius 3 is 2.63 bits per heavy atom. The fraction of sp³-hybridized carbons (Fsp3) is 0.500. The van der Waals surface area contributed by atoms with Crippen molar-refractivity contribution >= 4 is 5.97 Å². The highest BCUT2D eigenvalue weighted by molar-refractivity contribution is 5.75. The van der Waals surface area contributed by atoms with E-state index in [1.165, 1.54) is 19.2 Å². The van der Waals surface area contributed by atoms with Crippen LogP contribution in [-0.2, 0) is 16.1 Å². The van der Waals surface area contributed by atoms with Crippen LogP contribution in [0, 0.1) is 11.6 Å². The second kappa shape index (κ2) is 6.10. The van der Waals surface area contributed by atoms with E-state index in [9.17, 15) is 13.6 Å². The van der Waals surface area contributed by atoms with Gasteiger partial charge in [0.2, 0.25) is 0 Å². The summed E-state index contributed by atoms with van der Waals surface area (Å²) in [5.41, 5.74) is 0.535. The first kappa shape index (κ1) is 13.9. The lowest BCUT2D eigenvalue weighted by Gasteiger charge is -2.33. The summed E-state index contributed by atoms with van der Waals surface area (Å²) in [5.74, 6) is -1.47. The van der Waals surface area contributed by atoms with Gasteiger partial charge in [0.05, 0.1) is 7.11 Å². The van der Waals surface area contributed by atoms with Crippen molar-refractivity contribution in [2.45, 2.75) is 31.8 Å². The lowest BCUT2D eigenvalue weighted by atomic mass is 10.0. The summed E-state index contributed by atoms with van der Waals surface area (Å²) in [7, 11) is 1.36. The molecular formula is C14H17F2NO2. The number of methoxy groups -OCH3 is 1. The number of likely N-dealkylation sites (tertiary alicyclic amines) is 1. The van der Waals surface area contributed by atoms with E-state index in [0.29, 0.717) is 12.1 Å². The average Bonchev–Trinajstić information content (AvgIpc) is 2.37. The van der Waals surface area contributed by atoms with Crippen LogP contribution in [-0.4, -0.2) is 30.6 Å². The number of rotatable bonds is 3. The highest BCUT2D eigenvalue weighted by Gasteiger charge is 2.29. The van der Waals surface area contributed by atoms with Gasteiger partial charge in [-0.25, -0.2) is 8.78 Å². The number of ether oxygens (including phenoxy) is 1. The first-order valence-corrected chi connectivity index (χ1v) is 6.37. The minimum atomic E-state index is -0.596. The Balaban J connectivity index is 2.12. The van der Waals surface area contributed by atoms with Gasteiger partial charge in [-0.3, -0.25) is 9.69 Å². The van der Waals surface area contributed by atoms with E-state index >= 15 is 0 Å². The second-order valence-corrected chi connectivity index (χ2v) is 4.78. The first-order chi connectivity index (χ1) is 9.10. The predicted molar refractivity (Wildman–Crippen MR) is 66.4 cm³/mol. The van der Waals surface area contributed by atoms with Crippen molar-refractivity contribution in [1.82, 2.24) is 4.90 Å². The summed E-state index contributed by atoms with van der Waals surface area (Å²) in [6.07, 6.45) is 2.67. The third-order valence-electron chi connectivity index (χ3n) is 3.39. The number of hydrogen-bond acceptors (Lipinski definition) is 3. The van der Waals surface area contributed by atoms with Gasteiger partial charge in [-0.05, 0) is 37.1 Å². The molecule has 0 aliphatic carbocycles. The summed E-state index contributed by atoms with van der Waals surface area (Å²) < 4.78 is 31.1. The first-order valence-electron chi connectivity index (χ1n) is 6.37. The molecule has 0 spiro atoms. The van der Waals surface area contributed by atoms with Crippen LogP contribution in [0.2, 0.25) is 0 Å². The zero-order valence-electron chi connectivity index (χ0n) is 10.9. The topological polar surface area (TPSA) is 29.5 Å². The third kappa shape index (κ3) is 3.50. The molecule has 3 nitrogen and oxygen atoms in total. The lowest BCUT2D eigenvalue weighted by molar-refractivity contribution is -0.148. The number of hydrogen-bond donors (Lipinski definition) is 0. The highest BCUT2D eigenvalue weighted by atomic mass is 19.1. The van der Waals surface area contributed by atoms with E-state index in [1.807, 2.05) is 4.90 Å². The van der Waals surface area contributed by atoms with E-state index < -0.39 is 11.6 Å². The minimum Gasteiger partial charge on any atom is -0.468 e. The second-order valence-electron chi connectivity index (χ2n) is 4.78. The lowest BCUT2D eigenvalue weighted by Crippen LogP contribution is -2.44. The molecule has 1 heterocycles. The molecule has 1 atom stereocenters. The Hall–Kier alpha value is -1.49. The molecule has 1 saturated heterocycles. The van der Waals surface area contributed by atoms with E-state index in [4.69, 9.17) is 4.74 Å². The van der Waals surface area contributed by atoms with Crippen LogP contribution in [0.3, 0.4) is 0 Å². The van der Waals surface area contributed by atoms with Gasteiger partial charge in [0, 0.05) is 12.6 Å². The van der Waals surface area contributed by atoms with Crippen molar-refractivity contribution < 1.29 is 18.3 Å². The Morgan fingerprint density at radius 1 is 1.32 bits per heavy atom. The Bertz CT molecular complexity index is 445. The quantitative estimate of drug-likeness (QED) is 0.790. The summed E-state index contributed by atoms with van der Waals surface area (Å²) in [4.78, 5) is 13.6. The summed E-state index contributed by atoms with van der Waals surface area (Å²) in [6, 6.07) is 3.13. The fourth-order valence-electron chi connectivity index (χ4n) is 2.52. The van der Waals surface area contributed by atoms with Crippen molar-refractivity contribution in [2.24, 2.45) is 0 Å². The minimum absolute atomic E-state index is 0.281. The Morgan fingerprint density at radius 2 is 2.00 bits per heavy atom. The van der Waals surface area contributed by atoms with Gasteiger partial charge < -0.3 is 4.74 Å². The molecule has 0 saturated carbocycles. The maximum absolute atomic E-state index is 13.2. The smallest absolute Gasteiger partial charge is 0.323 e. The number of carbonyl (C=O) groups excluding carboxylic acids is 1. The molecule has 1 aliphatic heterocycles.